The summed E-state index contributed by atoms with van der Waals surface area (Å²) in [6, 6.07) is 4.51. The lowest BCUT2D eigenvalue weighted by Gasteiger charge is -2.36. The third kappa shape index (κ3) is 3.14. The second kappa shape index (κ2) is 6.12. The Balaban J connectivity index is 1.62. The lowest BCUT2D eigenvalue weighted by molar-refractivity contribution is 0.311. The average molecular weight is 296 g/mol. The van der Waals surface area contributed by atoms with Crippen LogP contribution in [0.3, 0.4) is 0 Å². The maximum Gasteiger partial charge on any atom is 0.159 e. The molecular formula is C15H18F2N2S. The maximum absolute atomic E-state index is 13.1. The van der Waals surface area contributed by atoms with Gasteiger partial charge < -0.3 is 5.32 Å². The first-order chi connectivity index (χ1) is 9.72. The molecule has 1 aromatic carbocycles. The van der Waals surface area contributed by atoms with Crippen LogP contribution in [-0.4, -0.2) is 17.0 Å². The van der Waals surface area contributed by atoms with E-state index in [0.717, 1.165) is 22.9 Å². The van der Waals surface area contributed by atoms with Crippen LogP contribution in [0.5, 0.6) is 0 Å². The Bertz CT molecular complexity index is 519. The Morgan fingerprint density at radius 1 is 1.20 bits per heavy atom. The van der Waals surface area contributed by atoms with Gasteiger partial charge in [-0.15, -0.1) is 0 Å². The fourth-order valence-corrected chi connectivity index (χ4v) is 4.04. The summed E-state index contributed by atoms with van der Waals surface area (Å²) in [4.78, 5) is 4.49. The molecule has 1 N–H and O–H groups in total. The van der Waals surface area contributed by atoms with Crippen molar-refractivity contribution in [1.29, 1.82) is 0 Å². The molecule has 1 aliphatic heterocycles. The molecule has 1 saturated heterocycles. The smallest absolute Gasteiger partial charge is 0.159 e. The molecule has 2 aliphatic rings. The molecule has 1 aliphatic carbocycles. The number of fused-ring (bicyclic) bond motifs is 1. The summed E-state index contributed by atoms with van der Waals surface area (Å²) >= 11 is 1.75. The van der Waals surface area contributed by atoms with Gasteiger partial charge in [-0.05, 0) is 36.5 Å². The molecule has 2 nitrogen and oxygen atoms in total. The normalized spacial score (nSPS) is 28.0. The van der Waals surface area contributed by atoms with Gasteiger partial charge in [-0.1, -0.05) is 30.7 Å². The molecule has 2 fully saturated rings. The topological polar surface area (TPSA) is 24.4 Å². The number of aliphatic imine (C=N–C) groups is 1. The number of nitrogens with one attached hydrogen (secondary N) is 1. The molecule has 108 valence electrons. The van der Waals surface area contributed by atoms with Crippen molar-refractivity contribution in [2.24, 2.45) is 10.9 Å². The predicted molar refractivity (Wildman–Crippen MR) is 78.8 cm³/mol. The fraction of sp³-hybridized carbons (Fsp3) is 0.533. The van der Waals surface area contributed by atoms with E-state index in [-0.39, 0.29) is 0 Å². The van der Waals surface area contributed by atoms with E-state index in [1.54, 1.807) is 17.8 Å². The van der Waals surface area contributed by atoms with E-state index in [4.69, 9.17) is 0 Å². The predicted octanol–water partition coefficient (Wildman–Crippen LogP) is 3.72. The number of rotatable bonds is 2. The second-order valence-corrected chi connectivity index (χ2v) is 6.48. The zero-order chi connectivity index (χ0) is 13.9. The summed E-state index contributed by atoms with van der Waals surface area (Å²) in [5.74, 6) is 0.265. The van der Waals surface area contributed by atoms with Crippen LogP contribution in [0, 0.1) is 17.6 Å². The van der Waals surface area contributed by atoms with Gasteiger partial charge in [0.15, 0.2) is 16.8 Å². The number of thioether (sulfide) groups is 1. The second-order valence-electron chi connectivity index (χ2n) is 5.48. The van der Waals surface area contributed by atoms with Crippen LogP contribution in [-0.2, 0) is 6.54 Å². The van der Waals surface area contributed by atoms with Crippen LogP contribution >= 0.6 is 11.8 Å². The summed E-state index contributed by atoms with van der Waals surface area (Å²) < 4.78 is 26.0. The zero-order valence-corrected chi connectivity index (χ0v) is 12.1. The van der Waals surface area contributed by atoms with Crippen LogP contribution in [0.1, 0.15) is 31.2 Å². The molecule has 0 radical (unpaired) electrons. The minimum atomic E-state index is -0.809. The van der Waals surface area contributed by atoms with Crippen LogP contribution in [0.2, 0.25) is 0 Å². The zero-order valence-electron chi connectivity index (χ0n) is 11.2. The highest BCUT2D eigenvalue weighted by Crippen LogP contribution is 2.31. The fourth-order valence-electron chi connectivity index (χ4n) is 2.88. The molecule has 2 atom stereocenters. The molecule has 2 unspecified atom stereocenters. The van der Waals surface area contributed by atoms with Gasteiger partial charge in [0.05, 0.1) is 6.54 Å². The number of benzene rings is 1. The third-order valence-corrected chi connectivity index (χ3v) is 5.16. The highest BCUT2D eigenvalue weighted by Gasteiger charge is 2.30. The van der Waals surface area contributed by atoms with E-state index in [2.05, 4.69) is 10.3 Å². The van der Waals surface area contributed by atoms with Crippen molar-refractivity contribution in [3.05, 3.63) is 35.4 Å². The Hall–Kier alpha value is -1.10. The molecule has 0 bridgehead atoms. The molecule has 5 heteroatoms. The number of hydrogen-bond donors (Lipinski definition) is 1. The first kappa shape index (κ1) is 13.9. The minimum absolute atomic E-state index is 0.393. The van der Waals surface area contributed by atoms with E-state index in [0.29, 0.717) is 18.2 Å². The van der Waals surface area contributed by atoms with Gasteiger partial charge in [-0.25, -0.2) is 8.78 Å². The molecule has 3 rings (SSSR count). The van der Waals surface area contributed by atoms with E-state index in [1.807, 2.05) is 0 Å². The third-order valence-electron chi connectivity index (χ3n) is 4.04. The Morgan fingerprint density at radius 3 is 2.90 bits per heavy atom. The quantitative estimate of drug-likeness (QED) is 0.899. The van der Waals surface area contributed by atoms with Crippen molar-refractivity contribution in [3.8, 4) is 0 Å². The average Bonchev–Trinajstić information content (AvgIpc) is 2.48. The van der Waals surface area contributed by atoms with Crippen LogP contribution in [0.15, 0.2) is 23.2 Å². The molecule has 1 aromatic rings. The summed E-state index contributed by atoms with van der Waals surface area (Å²) in [5, 5.41) is 4.44. The van der Waals surface area contributed by atoms with Crippen molar-refractivity contribution >= 4 is 16.9 Å². The van der Waals surface area contributed by atoms with Gasteiger partial charge in [0.2, 0.25) is 0 Å². The SMILES string of the molecule is Fc1ccc(CN=C2NC3CCCCC3CS2)cc1F. The van der Waals surface area contributed by atoms with E-state index < -0.39 is 11.6 Å². The molecule has 1 saturated carbocycles. The van der Waals surface area contributed by atoms with Crippen molar-refractivity contribution in [1.82, 2.24) is 5.32 Å². The van der Waals surface area contributed by atoms with Gasteiger partial charge in [-0.3, -0.25) is 4.99 Å². The largest absolute Gasteiger partial charge is 0.362 e. The van der Waals surface area contributed by atoms with E-state index >= 15 is 0 Å². The van der Waals surface area contributed by atoms with Gasteiger partial charge in [-0.2, -0.15) is 0 Å². The number of amidine groups is 1. The number of halogens is 2. The summed E-state index contributed by atoms with van der Waals surface area (Å²) in [6.45, 7) is 0.393. The standard InChI is InChI=1S/C15H18F2N2S/c16-12-6-5-10(7-13(12)17)8-18-15-19-14-4-2-1-3-11(14)9-20-15/h5-7,11,14H,1-4,8-9H2,(H,18,19). The summed E-state index contributed by atoms with van der Waals surface area (Å²) in [6.07, 6.45) is 5.15. The molecular weight excluding hydrogens is 278 g/mol. The Morgan fingerprint density at radius 2 is 2.05 bits per heavy atom. The van der Waals surface area contributed by atoms with Crippen LogP contribution in [0.4, 0.5) is 8.78 Å². The van der Waals surface area contributed by atoms with Crippen molar-refractivity contribution in [3.63, 3.8) is 0 Å². The lowest BCUT2D eigenvalue weighted by atomic mass is 9.86. The molecule has 1 heterocycles. The summed E-state index contributed by atoms with van der Waals surface area (Å²) in [7, 11) is 0. The highest BCUT2D eigenvalue weighted by atomic mass is 32.2. The van der Waals surface area contributed by atoms with Crippen LogP contribution in [0.25, 0.3) is 0 Å². The van der Waals surface area contributed by atoms with Gasteiger partial charge in [0.25, 0.3) is 0 Å². The lowest BCUT2D eigenvalue weighted by Crippen LogP contribution is -2.46. The highest BCUT2D eigenvalue weighted by molar-refractivity contribution is 8.13. The molecule has 0 spiro atoms. The van der Waals surface area contributed by atoms with E-state index in [1.165, 1.54) is 31.7 Å². The number of nitrogens with zero attached hydrogens (tertiary/aromatic N) is 1. The first-order valence-electron chi connectivity index (χ1n) is 7.10. The van der Waals surface area contributed by atoms with E-state index in [9.17, 15) is 8.78 Å². The van der Waals surface area contributed by atoms with Gasteiger partial charge >= 0.3 is 0 Å². The molecule has 20 heavy (non-hydrogen) atoms. The van der Waals surface area contributed by atoms with Crippen LogP contribution < -0.4 is 5.32 Å². The van der Waals surface area contributed by atoms with Crippen molar-refractivity contribution in [2.75, 3.05) is 5.75 Å². The van der Waals surface area contributed by atoms with Crippen molar-refractivity contribution in [2.45, 2.75) is 38.3 Å². The van der Waals surface area contributed by atoms with Gasteiger partial charge in [0.1, 0.15) is 0 Å². The Labute approximate surface area is 122 Å². The van der Waals surface area contributed by atoms with Gasteiger partial charge in [0, 0.05) is 11.8 Å². The number of hydrogen-bond acceptors (Lipinski definition) is 2. The summed E-state index contributed by atoms with van der Waals surface area (Å²) in [5.41, 5.74) is 0.699. The Kier molecular flexibility index (Phi) is 4.24. The maximum atomic E-state index is 13.1. The monoisotopic (exact) mass is 296 g/mol. The minimum Gasteiger partial charge on any atom is -0.362 e. The molecule has 0 amide bonds. The first-order valence-corrected chi connectivity index (χ1v) is 8.08. The molecule has 0 aromatic heterocycles. The van der Waals surface area contributed by atoms with Crippen molar-refractivity contribution < 1.29 is 8.78 Å².